The van der Waals surface area contributed by atoms with Crippen LogP contribution >= 0.6 is 11.6 Å². The zero-order chi connectivity index (χ0) is 20.9. The molecule has 0 N–H and O–H groups in total. The number of methoxy groups -OCH3 is 1. The molecule has 3 nitrogen and oxygen atoms in total. The molecular formula is C24H24ClFO3. The van der Waals surface area contributed by atoms with Crippen molar-refractivity contribution in [3.8, 4) is 17.2 Å². The number of ether oxygens (including phenoxy) is 3. The summed E-state index contributed by atoms with van der Waals surface area (Å²) in [6.07, 6.45) is 0. The molecule has 0 aromatic heterocycles. The van der Waals surface area contributed by atoms with Crippen molar-refractivity contribution < 1.29 is 18.6 Å². The van der Waals surface area contributed by atoms with E-state index in [2.05, 4.69) is 13.8 Å². The molecule has 5 heteroatoms. The molecule has 0 heterocycles. The molecule has 152 valence electrons. The fourth-order valence-corrected chi connectivity index (χ4v) is 3.18. The van der Waals surface area contributed by atoms with Gasteiger partial charge in [0.05, 0.1) is 25.3 Å². The van der Waals surface area contributed by atoms with E-state index in [0.29, 0.717) is 29.7 Å². The molecule has 0 unspecified atom stereocenters. The van der Waals surface area contributed by atoms with Crippen LogP contribution in [0.15, 0.2) is 66.7 Å². The molecule has 0 saturated carbocycles. The van der Waals surface area contributed by atoms with Crippen LogP contribution < -0.4 is 9.47 Å². The van der Waals surface area contributed by atoms with Crippen LogP contribution in [0, 0.1) is 5.82 Å². The molecule has 3 aromatic rings. The van der Waals surface area contributed by atoms with Gasteiger partial charge in [0.1, 0.15) is 11.5 Å². The summed E-state index contributed by atoms with van der Waals surface area (Å²) in [6, 6.07) is 19.6. The Labute approximate surface area is 176 Å². The van der Waals surface area contributed by atoms with E-state index in [1.165, 1.54) is 6.07 Å². The fraction of sp³-hybridized carbons (Fsp3) is 0.250. The van der Waals surface area contributed by atoms with Gasteiger partial charge in [0.25, 0.3) is 0 Å². The Hall–Kier alpha value is -2.56. The molecule has 3 rings (SSSR count). The third-order valence-electron chi connectivity index (χ3n) is 4.63. The Morgan fingerprint density at radius 1 is 0.931 bits per heavy atom. The minimum absolute atomic E-state index is 0.179. The van der Waals surface area contributed by atoms with Crippen LogP contribution in [-0.4, -0.2) is 13.7 Å². The molecule has 3 aromatic carbocycles. The van der Waals surface area contributed by atoms with Gasteiger partial charge in [-0.3, -0.25) is 0 Å². The summed E-state index contributed by atoms with van der Waals surface area (Å²) in [5.74, 6) is 0.996. The molecule has 0 bridgehead atoms. The van der Waals surface area contributed by atoms with Crippen LogP contribution in [0.4, 0.5) is 4.39 Å². The maximum absolute atomic E-state index is 14.1. The second-order valence-corrected chi connectivity index (χ2v) is 7.81. The third-order valence-corrected chi connectivity index (χ3v) is 4.93. The summed E-state index contributed by atoms with van der Waals surface area (Å²) in [5, 5.41) is 0.569. The highest BCUT2D eigenvalue weighted by atomic mass is 35.5. The monoisotopic (exact) mass is 414 g/mol. The van der Waals surface area contributed by atoms with Crippen molar-refractivity contribution >= 4 is 11.6 Å². The molecule has 0 saturated heterocycles. The quantitative estimate of drug-likeness (QED) is 0.407. The maximum atomic E-state index is 14.1. The highest BCUT2D eigenvalue weighted by Crippen LogP contribution is 2.32. The molecule has 0 radical (unpaired) electrons. The molecule has 0 amide bonds. The normalized spacial score (nSPS) is 11.3. The first-order valence-electron chi connectivity index (χ1n) is 9.32. The predicted molar refractivity (Wildman–Crippen MR) is 114 cm³/mol. The van der Waals surface area contributed by atoms with Crippen LogP contribution in [0.2, 0.25) is 5.02 Å². The van der Waals surface area contributed by atoms with Gasteiger partial charge >= 0.3 is 0 Å². The predicted octanol–water partition coefficient (Wildman–Crippen LogP) is 6.77. The molecule has 0 aliphatic carbocycles. The molecule has 0 fully saturated rings. The molecule has 0 aliphatic heterocycles. The maximum Gasteiger partial charge on any atom is 0.165 e. The van der Waals surface area contributed by atoms with E-state index < -0.39 is 5.82 Å². The Bertz CT molecular complexity index is 958. The van der Waals surface area contributed by atoms with Gasteiger partial charge in [0.2, 0.25) is 0 Å². The SMILES string of the molecule is COc1ccc(C(C)(C)COCc2ccc(F)c(Oc3ccccc3)c2)cc1Cl. The number of halogens is 2. The summed E-state index contributed by atoms with van der Waals surface area (Å²) in [4.78, 5) is 0. The average molecular weight is 415 g/mol. The molecule has 29 heavy (non-hydrogen) atoms. The van der Waals surface area contributed by atoms with Gasteiger partial charge in [0.15, 0.2) is 11.6 Å². The Kier molecular flexibility index (Phi) is 6.78. The smallest absolute Gasteiger partial charge is 0.165 e. The van der Waals surface area contributed by atoms with Gasteiger partial charge in [-0.25, -0.2) is 4.39 Å². The summed E-state index contributed by atoms with van der Waals surface area (Å²) >= 11 is 6.25. The van der Waals surface area contributed by atoms with Gasteiger partial charge in [-0.05, 0) is 47.5 Å². The van der Waals surface area contributed by atoms with Gasteiger partial charge in [0, 0.05) is 5.41 Å². The highest BCUT2D eigenvalue weighted by molar-refractivity contribution is 6.32. The first-order valence-corrected chi connectivity index (χ1v) is 9.70. The number of para-hydroxylation sites is 1. The summed E-state index contributed by atoms with van der Waals surface area (Å²) in [7, 11) is 1.59. The molecule has 0 atom stereocenters. The van der Waals surface area contributed by atoms with Crippen LogP contribution in [0.3, 0.4) is 0 Å². The number of hydrogen-bond donors (Lipinski definition) is 0. The van der Waals surface area contributed by atoms with E-state index in [-0.39, 0.29) is 11.2 Å². The number of hydrogen-bond acceptors (Lipinski definition) is 3. The van der Waals surface area contributed by atoms with Crippen molar-refractivity contribution in [2.24, 2.45) is 0 Å². The van der Waals surface area contributed by atoms with E-state index in [4.69, 9.17) is 25.8 Å². The first kappa shape index (κ1) is 21.2. The lowest BCUT2D eigenvalue weighted by molar-refractivity contribution is 0.0823. The lowest BCUT2D eigenvalue weighted by Gasteiger charge is -2.25. The van der Waals surface area contributed by atoms with Crippen molar-refractivity contribution in [2.75, 3.05) is 13.7 Å². The van der Waals surface area contributed by atoms with Crippen LogP contribution in [0.5, 0.6) is 17.2 Å². The zero-order valence-electron chi connectivity index (χ0n) is 16.7. The number of rotatable bonds is 8. The second-order valence-electron chi connectivity index (χ2n) is 7.41. The minimum atomic E-state index is -0.411. The first-order chi connectivity index (χ1) is 13.9. The molecule has 0 aliphatic rings. The van der Waals surface area contributed by atoms with Crippen LogP contribution in [0.25, 0.3) is 0 Å². The Balaban J connectivity index is 1.64. The highest BCUT2D eigenvalue weighted by Gasteiger charge is 2.22. The molecule has 0 spiro atoms. The van der Waals surface area contributed by atoms with Crippen molar-refractivity contribution in [3.63, 3.8) is 0 Å². The minimum Gasteiger partial charge on any atom is -0.495 e. The van der Waals surface area contributed by atoms with Crippen molar-refractivity contribution in [3.05, 3.63) is 88.7 Å². The van der Waals surface area contributed by atoms with E-state index in [9.17, 15) is 4.39 Å². The topological polar surface area (TPSA) is 27.7 Å². The van der Waals surface area contributed by atoms with E-state index in [0.717, 1.165) is 11.1 Å². The van der Waals surface area contributed by atoms with Gasteiger partial charge in [-0.1, -0.05) is 55.8 Å². The number of benzene rings is 3. The Morgan fingerprint density at radius 2 is 1.69 bits per heavy atom. The Morgan fingerprint density at radius 3 is 2.38 bits per heavy atom. The van der Waals surface area contributed by atoms with Gasteiger partial charge in [-0.2, -0.15) is 0 Å². The van der Waals surface area contributed by atoms with Crippen LogP contribution in [-0.2, 0) is 16.8 Å². The lowest BCUT2D eigenvalue weighted by atomic mass is 9.85. The second kappa shape index (κ2) is 9.29. The fourth-order valence-electron chi connectivity index (χ4n) is 2.93. The van der Waals surface area contributed by atoms with Gasteiger partial charge < -0.3 is 14.2 Å². The standard InChI is InChI=1S/C24H24ClFO3/c1-24(2,18-10-12-22(27-3)20(25)14-18)16-28-15-17-9-11-21(26)23(13-17)29-19-7-5-4-6-8-19/h4-14H,15-16H2,1-3H3. The van der Waals surface area contributed by atoms with Crippen LogP contribution in [0.1, 0.15) is 25.0 Å². The molecular weight excluding hydrogens is 391 g/mol. The third kappa shape index (κ3) is 5.49. The van der Waals surface area contributed by atoms with Crippen molar-refractivity contribution in [2.45, 2.75) is 25.9 Å². The van der Waals surface area contributed by atoms with E-state index >= 15 is 0 Å². The summed E-state index contributed by atoms with van der Waals surface area (Å²) in [5.41, 5.74) is 1.63. The lowest BCUT2D eigenvalue weighted by Crippen LogP contribution is -2.24. The zero-order valence-corrected chi connectivity index (χ0v) is 17.5. The average Bonchev–Trinajstić information content (AvgIpc) is 2.71. The van der Waals surface area contributed by atoms with Crippen molar-refractivity contribution in [1.82, 2.24) is 0 Å². The van der Waals surface area contributed by atoms with Gasteiger partial charge in [-0.15, -0.1) is 0 Å². The summed E-state index contributed by atoms with van der Waals surface area (Å²) in [6.45, 7) is 4.99. The van der Waals surface area contributed by atoms with Crippen molar-refractivity contribution in [1.29, 1.82) is 0 Å². The van der Waals surface area contributed by atoms with E-state index in [1.54, 1.807) is 31.4 Å². The van der Waals surface area contributed by atoms with E-state index in [1.807, 2.05) is 36.4 Å². The summed E-state index contributed by atoms with van der Waals surface area (Å²) < 4.78 is 30.9. The largest absolute Gasteiger partial charge is 0.495 e.